The SMILES string of the molecule is Nc1cccc(N2CCN(C(=O)c3ccc(Cl)cc3)CC2)c1. The summed E-state index contributed by atoms with van der Waals surface area (Å²) in [6.45, 7) is 3.03. The Balaban J connectivity index is 1.64. The number of amides is 1. The largest absolute Gasteiger partial charge is 0.399 e. The van der Waals surface area contributed by atoms with Crippen molar-refractivity contribution in [2.75, 3.05) is 36.8 Å². The van der Waals surface area contributed by atoms with E-state index < -0.39 is 0 Å². The molecule has 2 N–H and O–H groups in total. The highest BCUT2D eigenvalue weighted by molar-refractivity contribution is 6.30. The van der Waals surface area contributed by atoms with Crippen LogP contribution in [-0.4, -0.2) is 37.0 Å². The first-order valence-electron chi connectivity index (χ1n) is 7.29. The van der Waals surface area contributed by atoms with E-state index in [0.717, 1.165) is 24.5 Å². The Morgan fingerprint density at radius 3 is 2.32 bits per heavy atom. The van der Waals surface area contributed by atoms with Gasteiger partial charge in [-0.05, 0) is 42.5 Å². The van der Waals surface area contributed by atoms with E-state index in [1.807, 2.05) is 29.2 Å². The Kier molecular flexibility index (Phi) is 4.20. The van der Waals surface area contributed by atoms with Crippen LogP contribution in [0.2, 0.25) is 5.02 Å². The van der Waals surface area contributed by atoms with Gasteiger partial charge in [-0.15, -0.1) is 0 Å². The number of hydrogen-bond acceptors (Lipinski definition) is 3. The van der Waals surface area contributed by atoms with Gasteiger partial charge in [0.2, 0.25) is 0 Å². The van der Waals surface area contributed by atoms with Gasteiger partial charge in [-0.3, -0.25) is 4.79 Å². The number of carbonyl (C=O) groups is 1. The number of anilines is 2. The van der Waals surface area contributed by atoms with Crippen LogP contribution in [0, 0.1) is 0 Å². The summed E-state index contributed by atoms with van der Waals surface area (Å²) in [5.41, 5.74) is 8.38. The molecular weight excluding hydrogens is 298 g/mol. The third-order valence-electron chi connectivity index (χ3n) is 3.89. The minimum atomic E-state index is 0.0592. The lowest BCUT2D eigenvalue weighted by molar-refractivity contribution is 0.0747. The number of nitrogens with zero attached hydrogens (tertiary/aromatic N) is 2. The molecule has 1 amide bonds. The Bertz CT molecular complexity index is 664. The molecule has 0 bridgehead atoms. The van der Waals surface area contributed by atoms with E-state index in [2.05, 4.69) is 4.90 Å². The maximum atomic E-state index is 12.5. The van der Waals surface area contributed by atoms with Crippen LogP contribution in [-0.2, 0) is 0 Å². The first-order valence-corrected chi connectivity index (χ1v) is 7.66. The highest BCUT2D eigenvalue weighted by Gasteiger charge is 2.22. The molecule has 0 saturated carbocycles. The molecule has 0 aliphatic carbocycles. The lowest BCUT2D eigenvalue weighted by Gasteiger charge is -2.36. The van der Waals surface area contributed by atoms with Gasteiger partial charge in [-0.1, -0.05) is 17.7 Å². The van der Waals surface area contributed by atoms with Crippen molar-refractivity contribution in [3.05, 3.63) is 59.1 Å². The summed E-state index contributed by atoms with van der Waals surface area (Å²) < 4.78 is 0. The molecule has 0 atom stereocenters. The average molecular weight is 316 g/mol. The van der Waals surface area contributed by atoms with Crippen LogP contribution < -0.4 is 10.6 Å². The second kappa shape index (κ2) is 6.28. The molecular formula is C17H18ClN3O. The van der Waals surface area contributed by atoms with Crippen LogP contribution in [0.3, 0.4) is 0 Å². The molecule has 2 aromatic carbocycles. The number of benzene rings is 2. The molecule has 22 heavy (non-hydrogen) atoms. The summed E-state index contributed by atoms with van der Waals surface area (Å²) in [5, 5.41) is 0.642. The maximum absolute atomic E-state index is 12.5. The van der Waals surface area contributed by atoms with Crippen molar-refractivity contribution in [1.29, 1.82) is 0 Å². The molecule has 0 radical (unpaired) electrons. The monoisotopic (exact) mass is 315 g/mol. The van der Waals surface area contributed by atoms with Gasteiger partial charge in [-0.2, -0.15) is 0 Å². The molecule has 114 valence electrons. The first kappa shape index (κ1) is 14.7. The molecule has 1 saturated heterocycles. The Morgan fingerprint density at radius 2 is 1.68 bits per heavy atom. The lowest BCUT2D eigenvalue weighted by Crippen LogP contribution is -2.48. The zero-order valence-electron chi connectivity index (χ0n) is 12.2. The number of rotatable bonds is 2. The lowest BCUT2D eigenvalue weighted by atomic mass is 10.1. The Morgan fingerprint density at radius 1 is 1.00 bits per heavy atom. The number of piperazine rings is 1. The van der Waals surface area contributed by atoms with E-state index >= 15 is 0 Å². The molecule has 2 aromatic rings. The smallest absolute Gasteiger partial charge is 0.253 e. The van der Waals surface area contributed by atoms with Crippen molar-refractivity contribution in [1.82, 2.24) is 4.90 Å². The van der Waals surface area contributed by atoms with Crippen LogP contribution in [0.4, 0.5) is 11.4 Å². The topological polar surface area (TPSA) is 49.6 Å². The summed E-state index contributed by atoms with van der Waals surface area (Å²) in [5.74, 6) is 0.0592. The average Bonchev–Trinajstić information content (AvgIpc) is 2.55. The zero-order chi connectivity index (χ0) is 15.5. The molecule has 1 fully saturated rings. The molecule has 1 heterocycles. The minimum absolute atomic E-state index is 0.0592. The molecule has 5 heteroatoms. The fraction of sp³-hybridized carbons (Fsp3) is 0.235. The zero-order valence-corrected chi connectivity index (χ0v) is 13.0. The van der Waals surface area contributed by atoms with E-state index in [0.29, 0.717) is 23.7 Å². The van der Waals surface area contributed by atoms with Gasteiger partial charge in [0.25, 0.3) is 5.91 Å². The Hall–Kier alpha value is -2.20. The molecule has 4 nitrogen and oxygen atoms in total. The number of nitrogens with two attached hydrogens (primary N) is 1. The van der Waals surface area contributed by atoms with Crippen molar-refractivity contribution < 1.29 is 4.79 Å². The van der Waals surface area contributed by atoms with Gasteiger partial charge < -0.3 is 15.5 Å². The van der Waals surface area contributed by atoms with Crippen LogP contribution in [0.15, 0.2) is 48.5 Å². The van der Waals surface area contributed by atoms with Crippen molar-refractivity contribution in [2.24, 2.45) is 0 Å². The Labute approximate surface area is 135 Å². The van der Waals surface area contributed by atoms with Crippen LogP contribution in [0.5, 0.6) is 0 Å². The van der Waals surface area contributed by atoms with Gasteiger partial charge in [0, 0.05) is 48.1 Å². The van der Waals surface area contributed by atoms with E-state index in [1.54, 1.807) is 24.3 Å². The van der Waals surface area contributed by atoms with Gasteiger partial charge in [0.05, 0.1) is 0 Å². The summed E-state index contributed by atoms with van der Waals surface area (Å²) in [4.78, 5) is 16.6. The van der Waals surface area contributed by atoms with E-state index in [9.17, 15) is 4.79 Å². The molecule has 1 aliphatic rings. The fourth-order valence-electron chi connectivity index (χ4n) is 2.66. The number of halogens is 1. The standard InChI is InChI=1S/C17H18ClN3O/c18-14-6-4-13(5-7-14)17(22)21-10-8-20(9-11-21)16-3-1-2-15(19)12-16/h1-7,12H,8-11,19H2. The van der Waals surface area contributed by atoms with Crippen LogP contribution in [0.1, 0.15) is 10.4 Å². The predicted molar refractivity (Wildman–Crippen MR) is 90.4 cm³/mol. The predicted octanol–water partition coefficient (Wildman–Crippen LogP) is 2.88. The second-order valence-electron chi connectivity index (χ2n) is 5.38. The van der Waals surface area contributed by atoms with Crippen molar-refractivity contribution in [3.63, 3.8) is 0 Å². The van der Waals surface area contributed by atoms with E-state index in [-0.39, 0.29) is 5.91 Å². The van der Waals surface area contributed by atoms with Gasteiger partial charge in [0.1, 0.15) is 0 Å². The normalized spacial score (nSPS) is 15.0. The third kappa shape index (κ3) is 3.17. The fourth-order valence-corrected chi connectivity index (χ4v) is 2.79. The minimum Gasteiger partial charge on any atom is -0.399 e. The van der Waals surface area contributed by atoms with E-state index in [4.69, 9.17) is 17.3 Å². The van der Waals surface area contributed by atoms with Crippen LogP contribution >= 0.6 is 11.6 Å². The van der Waals surface area contributed by atoms with Gasteiger partial charge in [-0.25, -0.2) is 0 Å². The quantitative estimate of drug-likeness (QED) is 0.867. The van der Waals surface area contributed by atoms with Crippen molar-refractivity contribution in [2.45, 2.75) is 0 Å². The molecule has 1 aliphatic heterocycles. The van der Waals surface area contributed by atoms with Crippen molar-refractivity contribution >= 4 is 28.9 Å². The van der Waals surface area contributed by atoms with Gasteiger partial charge >= 0.3 is 0 Å². The maximum Gasteiger partial charge on any atom is 0.253 e. The van der Waals surface area contributed by atoms with Crippen LogP contribution in [0.25, 0.3) is 0 Å². The number of hydrogen-bond donors (Lipinski definition) is 1. The summed E-state index contributed by atoms with van der Waals surface area (Å²) >= 11 is 5.86. The summed E-state index contributed by atoms with van der Waals surface area (Å²) in [7, 11) is 0. The highest BCUT2D eigenvalue weighted by atomic mass is 35.5. The summed E-state index contributed by atoms with van der Waals surface area (Å²) in [6.07, 6.45) is 0. The molecule has 3 rings (SSSR count). The third-order valence-corrected chi connectivity index (χ3v) is 4.15. The van der Waals surface area contributed by atoms with Crippen molar-refractivity contribution in [3.8, 4) is 0 Å². The first-order chi connectivity index (χ1) is 10.6. The molecule has 0 unspecified atom stereocenters. The number of nitrogen functional groups attached to an aromatic ring is 1. The molecule has 0 aromatic heterocycles. The van der Waals surface area contributed by atoms with E-state index in [1.165, 1.54) is 0 Å². The summed E-state index contributed by atoms with van der Waals surface area (Å²) in [6, 6.07) is 14.9. The highest BCUT2D eigenvalue weighted by Crippen LogP contribution is 2.20. The molecule has 0 spiro atoms. The second-order valence-corrected chi connectivity index (χ2v) is 5.82. The number of carbonyl (C=O) groups excluding carboxylic acids is 1. The van der Waals surface area contributed by atoms with Gasteiger partial charge in [0.15, 0.2) is 0 Å².